The first-order valence-electron chi connectivity index (χ1n) is 10.4. The third-order valence-corrected chi connectivity index (χ3v) is 5.31. The van der Waals surface area contributed by atoms with Gasteiger partial charge in [0.15, 0.2) is 0 Å². The van der Waals surface area contributed by atoms with Crippen LogP contribution in [0, 0.1) is 13.8 Å². The van der Waals surface area contributed by atoms with Crippen molar-refractivity contribution in [2.24, 2.45) is 0 Å². The topological polar surface area (TPSA) is 49.9 Å². The predicted molar refractivity (Wildman–Crippen MR) is 119 cm³/mol. The van der Waals surface area contributed by atoms with Gasteiger partial charge in [-0.3, -0.25) is 14.5 Å². The molecule has 1 aliphatic heterocycles. The SMILES string of the molecule is CCOCCCN1C(=O)C(c2ccc(C)cc2C)=C(N(C)Cc2ccccc2)C1=O. The van der Waals surface area contributed by atoms with E-state index in [0.29, 0.717) is 44.0 Å². The van der Waals surface area contributed by atoms with Crippen LogP contribution >= 0.6 is 0 Å². The third-order valence-electron chi connectivity index (χ3n) is 5.31. The molecule has 0 radical (unpaired) electrons. The van der Waals surface area contributed by atoms with E-state index in [9.17, 15) is 9.59 Å². The Labute approximate surface area is 178 Å². The van der Waals surface area contributed by atoms with Crippen LogP contribution in [-0.4, -0.2) is 48.4 Å². The third kappa shape index (κ3) is 4.62. The number of imide groups is 1. The van der Waals surface area contributed by atoms with Crippen molar-refractivity contribution in [3.05, 3.63) is 76.5 Å². The lowest BCUT2D eigenvalue weighted by atomic mass is 9.97. The van der Waals surface area contributed by atoms with Gasteiger partial charge in [0.25, 0.3) is 11.8 Å². The highest BCUT2D eigenvalue weighted by Gasteiger charge is 2.40. The highest BCUT2D eigenvalue weighted by Crippen LogP contribution is 2.33. The molecule has 0 fully saturated rings. The monoisotopic (exact) mass is 406 g/mol. The van der Waals surface area contributed by atoms with E-state index in [1.54, 1.807) is 0 Å². The predicted octanol–water partition coefficient (Wildman–Crippen LogP) is 3.94. The number of carbonyl (C=O) groups excluding carboxylic acids is 2. The van der Waals surface area contributed by atoms with Crippen molar-refractivity contribution in [1.82, 2.24) is 9.80 Å². The van der Waals surface area contributed by atoms with Crippen molar-refractivity contribution in [2.45, 2.75) is 33.7 Å². The molecule has 2 aromatic rings. The van der Waals surface area contributed by atoms with Crippen molar-refractivity contribution in [3.63, 3.8) is 0 Å². The minimum Gasteiger partial charge on any atom is -0.382 e. The average Bonchev–Trinajstić information content (AvgIpc) is 2.96. The molecule has 1 heterocycles. The van der Waals surface area contributed by atoms with E-state index in [1.807, 2.05) is 81.2 Å². The van der Waals surface area contributed by atoms with Gasteiger partial charge in [-0.2, -0.15) is 0 Å². The molecule has 5 nitrogen and oxygen atoms in total. The number of rotatable bonds is 9. The molecule has 2 aromatic carbocycles. The van der Waals surface area contributed by atoms with Gasteiger partial charge in [0.05, 0.1) is 5.57 Å². The number of hydrogen-bond donors (Lipinski definition) is 0. The highest BCUT2D eigenvalue weighted by atomic mass is 16.5. The molecule has 0 saturated carbocycles. The van der Waals surface area contributed by atoms with Crippen molar-refractivity contribution in [1.29, 1.82) is 0 Å². The van der Waals surface area contributed by atoms with Gasteiger partial charge in [-0.05, 0) is 43.9 Å². The standard InChI is InChI=1S/C25H30N2O3/c1-5-30-15-9-14-27-24(28)22(21-13-12-18(2)16-19(21)3)23(25(27)29)26(4)17-20-10-7-6-8-11-20/h6-8,10-13,16H,5,9,14-15,17H2,1-4H3. The largest absolute Gasteiger partial charge is 0.382 e. The smallest absolute Gasteiger partial charge is 0.277 e. The second-order valence-electron chi connectivity index (χ2n) is 7.70. The van der Waals surface area contributed by atoms with Crippen molar-refractivity contribution >= 4 is 17.4 Å². The van der Waals surface area contributed by atoms with Gasteiger partial charge in [0.1, 0.15) is 5.70 Å². The van der Waals surface area contributed by atoms with E-state index in [4.69, 9.17) is 4.74 Å². The summed E-state index contributed by atoms with van der Waals surface area (Å²) in [5.74, 6) is -0.455. The van der Waals surface area contributed by atoms with Crippen LogP contribution in [0.4, 0.5) is 0 Å². The lowest BCUT2D eigenvalue weighted by Gasteiger charge is -2.22. The molecule has 1 aliphatic rings. The zero-order chi connectivity index (χ0) is 21.7. The zero-order valence-electron chi connectivity index (χ0n) is 18.3. The van der Waals surface area contributed by atoms with Gasteiger partial charge in [0.2, 0.25) is 0 Å². The number of amides is 2. The number of ether oxygens (including phenoxy) is 1. The maximum absolute atomic E-state index is 13.4. The van der Waals surface area contributed by atoms with Gasteiger partial charge in [-0.25, -0.2) is 0 Å². The number of benzene rings is 2. The molecule has 0 N–H and O–H groups in total. The molecule has 30 heavy (non-hydrogen) atoms. The van der Waals surface area contributed by atoms with Gasteiger partial charge in [0, 0.05) is 33.4 Å². The van der Waals surface area contributed by atoms with Gasteiger partial charge in [-0.15, -0.1) is 0 Å². The van der Waals surface area contributed by atoms with Crippen molar-refractivity contribution < 1.29 is 14.3 Å². The Hall–Kier alpha value is -2.92. The summed E-state index contributed by atoms with van der Waals surface area (Å²) in [5, 5.41) is 0. The zero-order valence-corrected chi connectivity index (χ0v) is 18.3. The van der Waals surface area contributed by atoms with Crippen LogP contribution in [0.2, 0.25) is 0 Å². The molecule has 158 valence electrons. The molecule has 5 heteroatoms. The maximum atomic E-state index is 13.4. The summed E-state index contributed by atoms with van der Waals surface area (Å²) in [4.78, 5) is 30.0. The van der Waals surface area contributed by atoms with Crippen LogP contribution in [0.15, 0.2) is 54.2 Å². The molecule has 0 aromatic heterocycles. The summed E-state index contributed by atoms with van der Waals surface area (Å²) in [6.07, 6.45) is 0.626. The van der Waals surface area contributed by atoms with Gasteiger partial charge in [-0.1, -0.05) is 54.1 Å². The first-order valence-corrected chi connectivity index (χ1v) is 10.4. The van der Waals surface area contributed by atoms with Crippen molar-refractivity contribution in [3.8, 4) is 0 Å². The highest BCUT2D eigenvalue weighted by molar-refractivity contribution is 6.35. The van der Waals surface area contributed by atoms with Crippen LogP contribution in [0.3, 0.4) is 0 Å². The Balaban J connectivity index is 1.97. The molecule has 0 aliphatic carbocycles. The van der Waals surface area contributed by atoms with Crippen LogP contribution in [-0.2, 0) is 20.9 Å². The summed E-state index contributed by atoms with van der Waals surface area (Å²) < 4.78 is 5.39. The Kier molecular flexibility index (Phi) is 7.06. The van der Waals surface area contributed by atoms with Gasteiger partial charge < -0.3 is 9.64 Å². The Morgan fingerprint density at radius 2 is 1.73 bits per heavy atom. The fourth-order valence-electron chi connectivity index (χ4n) is 3.86. The summed E-state index contributed by atoms with van der Waals surface area (Å²) in [6.45, 7) is 8.00. The summed E-state index contributed by atoms with van der Waals surface area (Å²) in [6, 6.07) is 15.9. The lowest BCUT2D eigenvalue weighted by Crippen LogP contribution is -2.35. The fraction of sp³-hybridized carbons (Fsp3) is 0.360. The van der Waals surface area contributed by atoms with Crippen LogP contribution in [0.1, 0.15) is 35.6 Å². The summed E-state index contributed by atoms with van der Waals surface area (Å²) in [7, 11) is 1.88. The lowest BCUT2D eigenvalue weighted by molar-refractivity contribution is -0.137. The second-order valence-corrected chi connectivity index (χ2v) is 7.70. The Bertz CT molecular complexity index is 950. The number of carbonyl (C=O) groups is 2. The molecule has 0 saturated heterocycles. The number of aryl methyl sites for hydroxylation is 2. The first kappa shape index (κ1) is 21.8. The van der Waals surface area contributed by atoms with Crippen LogP contribution < -0.4 is 0 Å². The van der Waals surface area contributed by atoms with Crippen LogP contribution in [0.5, 0.6) is 0 Å². The normalized spacial score (nSPS) is 14.1. The number of nitrogens with zero attached hydrogens (tertiary/aromatic N) is 2. The van der Waals surface area contributed by atoms with E-state index in [2.05, 4.69) is 0 Å². The quantitative estimate of drug-likeness (QED) is 0.468. The second kappa shape index (κ2) is 9.72. The van der Waals surface area contributed by atoms with E-state index in [0.717, 1.165) is 22.3 Å². The minimum absolute atomic E-state index is 0.224. The van der Waals surface area contributed by atoms with E-state index in [1.165, 1.54) is 4.90 Å². The van der Waals surface area contributed by atoms with Gasteiger partial charge >= 0.3 is 0 Å². The molecule has 0 unspecified atom stereocenters. The average molecular weight is 407 g/mol. The van der Waals surface area contributed by atoms with E-state index < -0.39 is 0 Å². The molecular weight excluding hydrogens is 376 g/mol. The fourth-order valence-corrected chi connectivity index (χ4v) is 3.86. The molecule has 2 amide bonds. The van der Waals surface area contributed by atoms with E-state index >= 15 is 0 Å². The molecule has 0 atom stereocenters. The maximum Gasteiger partial charge on any atom is 0.277 e. The van der Waals surface area contributed by atoms with Crippen LogP contribution in [0.25, 0.3) is 5.57 Å². The Morgan fingerprint density at radius 1 is 1.00 bits per heavy atom. The minimum atomic E-state index is -0.232. The number of hydrogen-bond acceptors (Lipinski definition) is 4. The molecule has 0 bridgehead atoms. The van der Waals surface area contributed by atoms with Crippen molar-refractivity contribution in [2.75, 3.05) is 26.8 Å². The first-order chi connectivity index (χ1) is 14.4. The summed E-state index contributed by atoms with van der Waals surface area (Å²) >= 11 is 0. The number of likely N-dealkylation sites (N-methyl/N-ethyl adjacent to an activating group) is 1. The molecule has 3 rings (SSSR count). The molecular formula is C25H30N2O3. The summed E-state index contributed by atoms with van der Waals surface area (Å²) in [5.41, 5.74) is 4.98. The Morgan fingerprint density at radius 3 is 2.40 bits per heavy atom. The van der Waals surface area contributed by atoms with E-state index in [-0.39, 0.29) is 11.8 Å². The molecule has 0 spiro atoms.